The van der Waals surface area contributed by atoms with E-state index in [9.17, 15) is 9.59 Å². The van der Waals surface area contributed by atoms with Gasteiger partial charge in [-0.2, -0.15) is 0 Å². The Hall–Kier alpha value is -3.64. The first-order valence-corrected chi connectivity index (χ1v) is 16.2. The Morgan fingerprint density at radius 3 is 2.24 bits per heavy atom. The standard InChI is InChI=1S/C28H33N3O2S.C8H10/c1-19-9-11-23(30-27(32)25-18-29-26(34-3)12-10-20(25)2)17-24(19)28(33)31-15-13-22(14-16-31)21-7-5-4-6-8-21;1-2-8-6-4-3-5-7-8/h4-9,11,17-18,20,22H,10,12-16H2,1-3H3,(H,30,32);3-7H,2H2,1H3. The Bertz CT molecular complexity index is 1390. The topological polar surface area (TPSA) is 61.8 Å². The number of thioether (sulfide) groups is 1. The second-order valence-corrected chi connectivity index (χ2v) is 11.9. The zero-order valence-electron chi connectivity index (χ0n) is 25.3. The number of hydrogen-bond donors (Lipinski definition) is 1. The van der Waals surface area contributed by atoms with Gasteiger partial charge in [-0.1, -0.05) is 80.6 Å². The van der Waals surface area contributed by atoms with E-state index < -0.39 is 0 Å². The zero-order chi connectivity index (χ0) is 29.9. The molecule has 2 aliphatic heterocycles. The predicted octanol–water partition coefficient (Wildman–Crippen LogP) is 8.28. The third-order valence-corrected chi connectivity index (χ3v) is 8.98. The molecule has 3 aromatic carbocycles. The van der Waals surface area contributed by atoms with Gasteiger partial charge in [0.1, 0.15) is 0 Å². The molecule has 5 nitrogen and oxygen atoms in total. The molecule has 6 heteroatoms. The largest absolute Gasteiger partial charge is 0.339 e. The summed E-state index contributed by atoms with van der Waals surface area (Å²) in [6.45, 7) is 7.66. The van der Waals surface area contributed by atoms with Crippen molar-refractivity contribution in [3.8, 4) is 0 Å². The van der Waals surface area contributed by atoms with E-state index in [-0.39, 0.29) is 17.7 Å². The third kappa shape index (κ3) is 8.45. The van der Waals surface area contributed by atoms with Crippen LogP contribution in [0, 0.1) is 12.8 Å². The summed E-state index contributed by atoms with van der Waals surface area (Å²) in [4.78, 5) is 32.8. The lowest BCUT2D eigenvalue weighted by Gasteiger charge is -2.32. The summed E-state index contributed by atoms with van der Waals surface area (Å²) in [5, 5.41) is 4.05. The molecule has 5 rings (SSSR count). The van der Waals surface area contributed by atoms with Crippen molar-refractivity contribution < 1.29 is 9.59 Å². The van der Waals surface area contributed by atoms with Crippen molar-refractivity contribution in [3.05, 3.63) is 113 Å². The van der Waals surface area contributed by atoms with E-state index in [0.29, 0.717) is 22.7 Å². The van der Waals surface area contributed by atoms with Gasteiger partial charge in [-0.05, 0) is 85.9 Å². The maximum absolute atomic E-state index is 13.4. The summed E-state index contributed by atoms with van der Waals surface area (Å²) >= 11 is 1.63. The van der Waals surface area contributed by atoms with Crippen LogP contribution in [0.2, 0.25) is 0 Å². The number of aryl methyl sites for hydroxylation is 2. The average molecular weight is 582 g/mol. The molecule has 0 aromatic heterocycles. The normalized spacial score (nSPS) is 17.2. The molecule has 1 saturated heterocycles. The average Bonchev–Trinajstić information content (AvgIpc) is 3.23. The van der Waals surface area contributed by atoms with Gasteiger partial charge in [0.15, 0.2) is 0 Å². The highest BCUT2D eigenvalue weighted by molar-refractivity contribution is 8.13. The Morgan fingerprint density at radius 2 is 1.62 bits per heavy atom. The number of anilines is 1. The highest BCUT2D eigenvalue weighted by Crippen LogP contribution is 2.30. The Labute approximate surface area is 255 Å². The number of likely N-dealkylation sites (tertiary alicyclic amines) is 1. The van der Waals surface area contributed by atoms with E-state index in [2.05, 4.69) is 72.7 Å². The molecule has 1 N–H and O–H groups in total. The number of benzene rings is 3. The van der Waals surface area contributed by atoms with Gasteiger partial charge in [0.25, 0.3) is 11.8 Å². The maximum atomic E-state index is 13.4. The molecule has 42 heavy (non-hydrogen) atoms. The van der Waals surface area contributed by atoms with E-state index in [1.165, 1.54) is 11.1 Å². The lowest BCUT2D eigenvalue weighted by Crippen LogP contribution is -2.38. The molecule has 220 valence electrons. The molecule has 1 fully saturated rings. The number of rotatable bonds is 5. The van der Waals surface area contributed by atoms with Crippen LogP contribution in [0.5, 0.6) is 0 Å². The fourth-order valence-electron chi connectivity index (χ4n) is 5.42. The zero-order valence-corrected chi connectivity index (χ0v) is 26.1. The summed E-state index contributed by atoms with van der Waals surface area (Å²) < 4.78 is 0. The third-order valence-electron chi connectivity index (χ3n) is 8.20. The molecule has 1 unspecified atom stereocenters. The number of piperidine rings is 1. The fraction of sp³-hybridized carbons (Fsp3) is 0.361. The fourth-order valence-corrected chi connectivity index (χ4v) is 5.90. The first-order valence-electron chi connectivity index (χ1n) is 15.0. The number of carbonyl (C=O) groups is 2. The van der Waals surface area contributed by atoms with Gasteiger partial charge < -0.3 is 10.2 Å². The number of aliphatic imine (C=N–C) groups is 1. The first-order chi connectivity index (χ1) is 20.4. The minimum absolute atomic E-state index is 0.0383. The highest BCUT2D eigenvalue weighted by atomic mass is 32.2. The van der Waals surface area contributed by atoms with Crippen LogP contribution >= 0.6 is 11.8 Å². The van der Waals surface area contributed by atoms with Crippen LogP contribution in [-0.2, 0) is 11.2 Å². The van der Waals surface area contributed by atoms with Crippen molar-refractivity contribution in [1.82, 2.24) is 4.90 Å². The Kier molecular flexibility index (Phi) is 11.6. The Morgan fingerprint density at radius 1 is 0.952 bits per heavy atom. The molecular weight excluding hydrogens is 538 g/mol. The molecule has 1 atom stereocenters. The van der Waals surface area contributed by atoms with Crippen molar-refractivity contribution in [2.75, 3.05) is 24.7 Å². The quantitative estimate of drug-likeness (QED) is 0.330. The molecule has 2 heterocycles. The van der Waals surface area contributed by atoms with Crippen LogP contribution in [0.3, 0.4) is 0 Å². The van der Waals surface area contributed by atoms with Gasteiger partial charge in [0, 0.05) is 36.1 Å². The number of nitrogens with one attached hydrogen (secondary N) is 1. The number of hydrogen-bond acceptors (Lipinski definition) is 4. The van der Waals surface area contributed by atoms with E-state index in [4.69, 9.17) is 0 Å². The molecule has 0 aliphatic carbocycles. The van der Waals surface area contributed by atoms with Crippen LogP contribution < -0.4 is 5.32 Å². The van der Waals surface area contributed by atoms with E-state index in [1.807, 2.05) is 48.4 Å². The second kappa shape index (κ2) is 15.5. The smallest absolute Gasteiger partial charge is 0.254 e. The number of carbonyl (C=O) groups excluding carboxylic acids is 2. The molecule has 0 bridgehead atoms. The molecular formula is C36H43N3O2S. The van der Waals surface area contributed by atoms with Gasteiger partial charge in [-0.25, -0.2) is 0 Å². The van der Waals surface area contributed by atoms with Crippen molar-refractivity contribution in [2.24, 2.45) is 10.9 Å². The van der Waals surface area contributed by atoms with Gasteiger partial charge in [0.05, 0.1) is 5.04 Å². The lowest BCUT2D eigenvalue weighted by atomic mass is 9.89. The molecule has 2 amide bonds. The SMILES string of the molecule is CCc1ccccc1.CSC1=NC=C(C(=O)Nc2ccc(C)c(C(=O)N3CCC(c4ccccc4)CC3)c2)C(C)CC1. The predicted molar refractivity (Wildman–Crippen MR) is 177 cm³/mol. The molecule has 3 aromatic rings. The van der Waals surface area contributed by atoms with Crippen LogP contribution in [-0.4, -0.2) is 41.1 Å². The van der Waals surface area contributed by atoms with Gasteiger partial charge in [-0.15, -0.1) is 11.8 Å². The van der Waals surface area contributed by atoms with Gasteiger partial charge >= 0.3 is 0 Å². The minimum Gasteiger partial charge on any atom is -0.339 e. The molecule has 0 radical (unpaired) electrons. The molecule has 0 spiro atoms. The molecule has 2 aliphatic rings. The summed E-state index contributed by atoms with van der Waals surface area (Å²) in [6, 6.07) is 26.6. The maximum Gasteiger partial charge on any atom is 0.254 e. The van der Waals surface area contributed by atoms with Crippen LogP contribution in [0.4, 0.5) is 5.69 Å². The van der Waals surface area contributed by atoms with Crippen molar-refractivity contribution in [2.45, 2.75) is 58.8 Å². The summed E-state index contributed by atoms with van der Waals surface area (Å²) in [5.41, 5.74) is 5.66. The molecule has 0 saturated carbocycles. The van der Waals surface area contributed by atoms with Crippen molar-refractivity contribution >= 4 is 34.3 Å². The van der Waals surface area contributed by atoms with Crippen LogP contribution in [0.15, 0.2) is 95.6 Å². The van der Waals surface area contributed by atoms with E-state index in [0.717, 1.165) is 55.8 Å². The number of amides is 2. The summed E-state index contributed by atoms with van der Waals surface area (Å²) in [6.07, 6.45) is 8.58. The van der Waals surface area contributed by atoms with Crippen LogP contribution in [0.1, 0.15) is 72.5 Å². The summed E-state index contributed by atoms with van der Waals surface area (Å²) in [7, 11) is 0. The van der Waals surface area contributed by atoms with Gasteiger partial charge in [-0.3, -0.25) is 14.6 Å². The second-order valence-electron chi connectivity index (χ2n) is 11.1. The van der Waals surface area contributed by atoms with Crippen LogP contribution in [0.25, 0.3) is 0 Å². The first kappa shape index (κ1) is 31.3. The van der Waals surface area contributed by atoms with Crippen molar-refractivity contribution in [3.63, 3.8) is 0 Å². The van der Waals surface area contributed by atoms with Gasteiger partial charge in [0.2, 0.25) is 0 Å². The van der Waals surface area contributed by atoms with E-state index in [1.54, 1.807) is 18.0 Å². The summed E-state index contributed by atoms with van der Waals surface area (Å²) in [5.74, 6) is 0.521. The monoisotopic (exact) mass is 581 g/mol. The van der Waals surface area contributed by atoms with E-state index >= 15 is 0 Å². The lowest BCUT2D eigenvalue weighted by molar-refractivity contribution is -0.113. The minimum atomic E-state index is -0.149. The Balaban J connectivity index is 0.000000437. The highest BCUT2D eigenvalue weighted by Gasteiger charge is 2.26. The van der Waals surface area contributed by atoms with Crippen molar-refractivity contribution in [1.29, 1.82) is 0 Å². The number of nitrogens with zero attached hydrogens (tertiary/aromatic N) is 2.